The first-order valence-corrected chi connectivity index (χ1v) is 7.90. The van der Waals surface area contributed by atoms with Crippen LogP contribution in [-0.4, -0.2) is 19.4 Å². The second-order valence-electron chi connectivity index (χ2n) is 4.83. The van der Waals surface area contributed by atoms with Crippen molar-refractivity contribution in [1.29, 1.82) is 5.26 Å². The molecule has 0 aromatic carbocycles. The second kappa shape index (κ2) is 5.12. The Hall–Kier alpha value is -2.82. The Morgan fingerprint density at radius 1 is 1.39 bits per heavy atom. The molecule has 112 valence electrons. The summed E-state index contributed by atoms with van der Waals surface area (Å²) in [7, 11) is 0. The van der Waals surface area contributed by atoms with Crippen LogP contribution >= 0.6 is 22.9 Å². The molecule has 4 aromatic rings. The Balaban J connectivity index is 2.06. The standard InChI is InChI=1S/C15H9ClN6S/c16-13-12(22-3-4-23-15(22)21-13)9-5-11(8-1-2-19-7-8)20-14(18)10(9)6-17/h1-5,7,19H,(H2,18,20). The number of H-pyrrole nitrogens is 1. The quantitative estimate of drug-likeness (QED) is 0.583. The van der Waals surface area contributed by atoms with Crippen LogP contribution in [0.3, 0.4) is 0 Å². The smallest absolute Gasteiger partial charge is 0.195 e. The van der Waals surface area contributed by atoms with E-state index in [2.05, 4.69) is 21.0 Å². The average molecular weight is 341 g/mol. The zero-order chi connectivity index (χ0) is 16.0. The number of nitriles is 1. The summed E-state index contributed by atoms with van der Waals surface area (Å²) in [6, 6.07) is 5.81. The molecule has 4 rings (SSSR count). The van der Waals surface area contributed by atoms with E-state index in [-0.39, 0.29) is 5.82 Å². The SMILES string of the molecule is N#Cc1c(-c2c(Cl)nc3sccn23)cc(-c2cc[nH]c2)nc1N. The van der Waals surface area contributed by atoms with Crippen molar-refractivity contribution < 1.29 is 0 Å². The van der Waals surface area contributed by atoms with Crippen LogP contribution in [0.25, 0.3) is 27.5 Å². The number of nitrogens with zero attached hydrogens (tertiary/aromatic N) is 4. The molecule has 0 radical (unpaired) electrons. The van der Waals surface area contributed by atoms with Gasteiger partial charge in [0.15, 0.2) is 10.1 Å². The number of nitrogen functional groups attached to an aromatic ring is 1. The van der Waals surface area contributed by atoms with E-state index in [1.807, 2.05) is 34.3 Å². The van der Waals surface area contributed by atoms with Crippen LogP contribution < -0.4 is 5.73 Å². The number of thiazole rings is 1. The molecule has 0 bridgehead atoms. The number of nitrogens with two attached hydrogens (primary N) is 1. The van der Waals surface area contributed by atoms with Gasteiger partial charge in [-0.25, -0.2) is 9.97 Å². The first kappa shape index (κ1) is 13.8. The molecule has 0 aliphatic rings. The van der Waals surface area contributed by atoms with Crippen molar-refractivity contribution in [3.8, 4) is 28.6 Å². The molecule has 0 aliphatic carbocycles. The van der Waals surface area contributed by atoms with Crippen molar-refractivity contribution in [2.45, 2.75) is 0 Å². The molecule has 0 aliphatic heterocycles. The summed E-state index contributed by atoms with van der Waals surface area (Å²) in [4.78, 5) is 12.4. The van der Waals surface area contributed by atoms with Crippen molar-refractivity contribution in [3.05, 3.63) is 46.8 Å². The van der Waals surface area contributed by atoms with Crippen molar-refractivity contribution in [2.24, 2.45) is 0 Å². The lowest BCUT2D eigenvalue weighted by molar-refractivity contribution is 1.22. The number of nitrogens with one attached hydrogen (secondary N) is 1. The fraction of sp³-hybridized carbons (Fsp3) is 0. The third kappa shape index (κ3) is 2.08. The van der Waals surface area contributed by atoms with Crippen molar-refractivity contribution >= 4 is 33.7 Å². The first-order chi connectivity index (χ1) is 11.2. The van der Waals surface area contributed by atoms with Gasteiger partial charge in [0.2, 0.25) is 0 Å². The molecule has 0 unspecified atom stereocenters. The molecule has 0 spiro atoms. The highest BCUT2D eigenvalue weighted by atomic mass is 35.5. The van der Waals surface area contributed by atoms with Gasteiger partial charge in [-0.05, 0) is 12.1 Å². The van der Waals surface area contributed by atoms with Gasteiger partial charge in [0, 0.05) is 35.1 Å². The summed E-state index contributed by atoms with van der Waals surface area (Å²) in [5.74, 6) is 0.169. The van der Waals surface area contributed by atoms with Crippen molar-refractivity contribution in [3.63, 3.8) is 0 Å². The minimum atomic E-state index is 0.169. The second-order valence-corrected chi connectivity index (χ2v) is 6.06. The lowest BCUT2D eigenvalue weighted by atomic mass is 10.0. The van der Waals surface area contributed by atoms with Crippen LogP contribution in [0.2, 0.25) is 5.15 Å². The summed E-state index contributed by atoms with van der Waals surface area (Å²) < 4.78 is 1.85. The Kier molecular flexibility index (Phi) is 3.08. The lowest BCUT2D eigenvalue weighted by Crippen LogP contribution is -2.00. The molecule has 3 N–H and O–H groups in total. The van der Waals surface area contributed by atoms with E-state index in [0.29, 0.717) is 27.7 Å². The summed E-state index contributed by atoms with van der Waals surface area (Å²) in [5.41, 5.74) is 9.10. The molecule has 8 heteroatoms. The van der Waals surface area contributed by atoms with Crippen LogP contribution in [0.4, 0.5) is 5.82 Å². The predicted molar refractivity (Wildman–Crippen MR) is 90.2 cm³/mol. The van der Waals surface area contributed by atoms with Gasteiger partial charge in [-0.15, -0.1) is 11.3 Å². The lowest BCUT2D eigenvalue weighted by Gasteiger charge is -2.09. The van der Waals surface area contributed by atoms with Crippen LogP contribution in [0.15, 0.2) is 36.1 Å². The van der Waals surface area contributed by atoms with E-state index in [4.69, 9.17) is 17.3 Å². The van der Waals surface area contributed by atoms with E-state index in [1.54, 1.807) is 6.20 Å². The van der Waals surface area contributed by atoms with Crippen LogP contribution in [0.5, 0.6) is 0 Å². The van der Waals surface area contributed by atoms with E-state index < -0.39 is 0 Å². The molecular formula is C15H9ClN6S. The Morgan fingerprint density at radius 2 is 2.26 bits per heavy atom. The van der Waals surface area contributed by atoms with Crippen molar-refractivity contribution in [2.75, 3.05) is 5.73 Å². The van der Waals surface area contributed by atoms with E-state index in [9.17, 15) is 5.26 Å². The number of fused-ring (bicyclic) bond motifs is 1. The maximum atomic E-state index is 9.49. The van der Waals surface area contributed by atoms with Gasteiger partial charge >= 0.3 is 0 Å². The first-order valence-electron chi connectivity index (χ1n) is 6.64. The monoisotopic (exact) mass is 340 g/mol. The van der Waals surface area contributed by atoms with Crippen molar-refractivity contribution in [1.82, 2.24) is 19.4 Å². The van der Waals surface area contributed by atoms with E-state index in [0.717, 1.165) is 10.5 Å². The topological polar surface area (TPSA) is 95.8 Å². The zero-order valence-corrected chi connectivity index (χ0v) is 13.2. The van der Waals surface area contributed by atoms with Gasteiger partial charge in [-0.2, -0.15) is 5.26 Å². The molecule has 0 amide bonds. The van der Waals surface area contributed by atoms with Crippen LogP contribution in [0.1, 0.15) is 5.56 Å². The van der Waals surface area contributed by atoms with Crippen LogP contribution in [-0.2, 0) is 0 Å². The number of imidazole rings is 1. The number of hydrogen-bond donors (Lipinski definition) is 2. The third-order valence-corrected chi connectivity index (χ3v) is 4.55. The number of pyridine rings is 1. The molecule has 4 aromatic heterocycles. The summed E-state index contributed by atoms with van der Waals surface area (Å²) >= 11 is 7.77. The van der Waals surface area contributed by atoms with E-state index in [1.165, 1.54) is 11.3 Å². The molecule has 0 saturated carbocycles. The molecule has 4 heterocycles. The highest BCUT2D eigenvalue weighted by Crippen LogP contribution is 2.36. The maximum absolute atomic E-state index is 9.49. The minimum absolute atomic E-state index is 0.169. The number of anilines is 1. The van der Waals surface area contributed by atoms with Gasteiger partial charge in [-0.1, -0.05) is 11.6 Å². The summed E-state index contributed by atoms with van der Waals surface area (Å²) in [6.45, 7) is 0. The number of aromatic amines is 1. The summed E-state index contributed by atoms with van der Waals surface area (Å²) in [5, 5.41) is 11.7. The normalized spacial score (nSPS) is 11.0. The molecule has 0 saturated heterocycles. The fourth-order valence-electron chi connectivity index (χ4n) is 2.50. The van der Waals surface area contributed by atoms with Gasteiger partial charge in [0.05, 0.1) is 11.4 Å². The maximum Gasteiger partial charge on any atom is 0.195 e. The molecule has 0 atom stereocenters. The average Bonchev–Trinajstić information content (AvgIpc) is 3.22. The van der Waals surface area contributed by atoms with Gasteiger partial charge in [0.1, 0.15) is 17.5 Å². The van der Waals surface area contributed by atoms with Gasteiger partial charge in [0.25, 0.3) is 0 Å². The number of halogens is 1. The van der Waals surface area contributed by atoms with Gasteiger partial charge < -0.3 is 10.7 Å². The molecule has 0 fully saturated rings. The molecular weight excluding hydrogens is 332 g/mol. The highest BCUT2D eigenvalue weighted by molar-refractivity contribution is 7.15. The molecule has 23 heavy (non-hydrogen) atoms. The number of hydrogen-bond acceptors (Lipinski definition) is 5. The minimum Gasteiger partial charge on any atom is -0.383 e. The van der Waals surface area contributed by atoms with Crippen LogP contribution in [0, 0.1) is 11.3 Å². The third-order valence-electron chi connectivity index (χ3n) is 3.53. The summed E-state index contributed by atoms with van der Waals surface area (Å²) in [6.07, 6.45) is 5.48. The number of aromatic nitrogens is 4. The predicted octanol–water partition coefficient (Wildman–Crippen LogP) is 3.56. The Labute approximate surface area is 139 Å². The Bertz CT molecular complexity index is 1050. The fourth-order valence-corrected chi connectivity index (χ4v) is 3.54. The van der Waals surface area contributed by atoms with Gasteiger partial charge in [-0.3, -0.25) is 4.40 Å². The highest BCUT2D eigenvalue weighted by Gasteiger charge is 2.20. The largest absolute Gasteiger partial charge is 0.383 e. The zero-order valence-electron chi connectivity index (χ0n) is 11.6. The van der Waals surface area contributed by atoms with E-state index >= 15 is 0 Å². The number of rotatable bonds is 2. The Morgan fingerprint density at radius 3 is 3.00 bits per heavy atom. The molecule has 6 nitrogen and oxygen atoms in total.